The number of methoxy groups -OCH3 is 2. The number of pyridine rings is 1. The van der Waals surface area contributed by atoms with Gasteiger partial charge in [-0.2, -0.15) is 0 Å². The minimum absolute atomic E-state index is 0.00401. The maximum Gasteiger partial charge on any atom is 0.266 e. The number of rotatable bonds is 14. The van der Waals surface area contributed by atoms with E-state index in [9.17, 15) is 28.8 Å². The zero-order valence-corrected chi connectivity index (χ0v) is 31.5. The van der Waals surface area contributed by atoms with Crippen LogP contribution in [0, 0.1) is 0 Å². The zero-order chi connectivity index (χ0) is 38.7. The van der Waals surface area contributed by atoms with Crippen LogP contribution in [0.3, 0.4) is 0 Å². The van der Waals surface area contributed by atoms with Crippen molar-refractivity contribution in [1.29, 1.82) is 0 Å². The molecular formula is C40H47N5O9. The topological polar surface area (TPSA) is 157 Å². The molecule has 4 heterocycles. The average molecular weight is 742 g/mol. The van der Waals surface area contributed by atoms with Crippen molar-refractivity contribution in [3.63, 3.8) is 0 Å². The standard InChI is InChI=1S/C40H47N5O9/c1-42(2)21-29-32(52-4)19-24(20-33(29)53-5)27-22-43(3)38(49)28-23-44(17-16-25(27)28)35(47)13-8-6-7-9-18-54-31-12-10-11-26-36(31)40(51)45(39(26)50)30-14-15-34(46)41-37(30)48/h10-12,19-20,22,30H,6-9,13-18,21,23H2,1-5H3,(H,41,46,48). The van der Waals surface area contributed by atoms with Gasteiger partial charge in [0.05, 0.1) is 44.1 Å². The second kappa shape index (κ2) is 16.3. The van der Waals surface area contributed by atoms with E-state index in [1.165, 1.54) is 6.07 Å². The van der Waals surface area contributed by atoms with Crippen molar-refractivity contribution < 1.29 is 38.2 Å². The highest BCUT2D eigenvalue weighted by molar-refractivity contribution is 6.24. The largest absolute Gasteiger partial charge is 0.496 e. The van der Waals surface area contributed by atoms with Crippen LogP contribution in [0.4, 0.5) is 0 Å². The first kappa shape index (κ1) is 38.2. The van der Waals surface area contributed by atoms with E-state index in [1.807, 2.05) is 37.3 Å². The lowest BCUT2D eigenvalue weighted by Crippen LogP contribution is -2.54. The van der Waals surface area contributed by atoms with Crippen LogP contribution in [0.25, 0.3) is 11.1 Å². The van der Waals surface area contributed by atoms with E-state index < -0.39 is 29.7 Å². The van der Waals surface area contributed by atoms with Gasteiger partial charge < -0.3 is 28.6 Å². The summed E-state index contributed by atoms with van der Waals surface area (Å²) in [5.74, 6) is -0.597. The first-order chi connectivity index (χ1) is 25.9. The van der Waals surface area contributed by atoms with Gasteiger partial charge in [0.25, 0.3) is 17.4 Å². The van der Waals surface area contributed by atoms with Crippen LogP contribution in [0.15, 0.2) is 41.3 Å². The van der Waals surface area contributed by atoms with Crippen LogP contribution in [0.5, 0.6) is 17.2 Å². The fourth-order valence-corrected chi connectivity index (χ4v) is 7.55. The summed E-state index contributed by atoms with van der Waals surface area (Å²) in [6.07, 6.45) is 5.79. The van der Waals surface area contributed by atoms with E-state index in [0.717, 1.165) is 40.0 Å². The van der Waals surface area contributed by atoms with E-state index in [-0.39, 0.29) is 47.7 Å². The van der Waals surface area contributed by atoms with Gasteiger partial charge in [0, 0.05) is 50.3 Å². The van der Waals surface area contributed by atoms with Crippen molar-refractivity contribution in [2.24, 2.45) is 7.05 Å². The molecule has 14 heteroatoms. The minimum Gasteiger partial charge on any atom is -0.496 e. The van der Waals surface area contributed by atoms with Crippen LogP contribution >= 0.6 is 0 Å². The Morgan fingerprint density at radius 3 is 2.30 bits per heavy atom. The molecule has 3 aliphatic heterocycles. The summed E-state index contributed by atoms with van der Waals surface area (Å²) in [5.41, 5.74) is 4.47. The van der Waals surface area contributed by atoms with Crippen molar-refractivity contribution >= 4 is 29.5 Å². The zero-order valence-electron chi connectivity index (χ0n) is 31.5. The highest BCUT2D eigenvalue weighted by Crippen LogP contribution is 2.38. The number of unbranched alkanes of at least 4 members (excludes halogenated alkanes) is 3. The molecule has 54 heavy (non-hydrogen) atoms. The number of fused-ring (bicyclic) bond motifs is 2. The molecule has 0 aliphatic carbocycles. The number of hydrogen-bond acceptors (Lipinski definition) is 10. The maximum absolute atomic E-state index is 13.4. The summed E-state index contributed by atoms with van der Waals surface area (Å²) in [6.45, 7) is 1.70. The number of aromatic nitrogens is 1. The molecule has 2 aromatic carbocycles. The number of nitrogens with one attached hydrogen (secondary N) is 1. The quantitative estimate of drug-likeness (QED) is 0.192. The van der Waals surface area contributed by atoms with E-state index in [2.05, 4.69) is 5.32 Å². The number of hydrogen-bond donors (Lipinski definition) is 1. The van der Waals surface area contributed by atoms with Crippen LogP contribution in [-0.2, 0) is 40.9 Å². The maximum atomic E-state index is 13.4. The summed E-state index contributed by atoms with van der Waals surface area (Å²) < 4.78 is 19.0. The number of imide groups is 2. The van der Waals surface area contributed by atoms with E-state index in [0.29, 0.717) is 62.4 Å². The Morgan fingerprint density at radius 1 is 0.889 bits per heavy atom. The Bertz CT molecular complexity index is 2030. The first-order valence-corrected chi connectivity index (χ1v) is 18.3. The summed E-state index contributed by atoms with van der Waals surface area (Å²) in [7, 11) is 8.96. The third-order valence-electron chi connectivity index (χ3n) is 10.3. The molecule has 1 aromatic heterocycles. The molecule has 5 amide bonds. The molecule has 6 rings (SSSR count). The molecule has 0 bridgehead atoms. The Balaban J connectivity index is 1.02. The van der Waals surface area contributed by atoms with Crippen molar-refractivity contribution in [3.05, 3.63) is 74.7 Å². The number of amides is 5. The summed E-state index contributed by atoms with van der Waals surface area (Å²) >= 11 is 0. The van der Waals surface area contributed by atoms with Crippen molar-refractivity contribution in [1.82, 2.24) is 24.6 Å². The van der Waals surface area contributed by atoms with E-state index in [4.69, 9.17) is 14.2 Å². The monoisotopic (exact) mass is 741 g/mol. The van der Waals surface area contributed by atoms with Crippen molar-refractivity contribution in [3.8, 4) is 28.4 Å². The van der Waals surface area contributed by atoms with Crippen molar-refractivity contribution in [2.45, 2.75) is 70.5 Å². The van der Waals surface area contributed by atoms with Crippen LogP contribution in [-0.4, -0.2) is 96.3 Å². The van der Waals surface area contributed by atoms with Gasteiger partial charge in [-0.15, -0.1) is 0 Å². The Labute approximate surface area is 313 Å². The van der Waals surface area contributed by atoms with Gasteiger partial charge in [-0.25, -0.2) is 0 Å². The smallest absolute Gasteiger partial charge is 0.266 e. The van der Waals surface area contributed by atoms with Gasteiger partial charge in [-0.1, -0.05) is 18.9 Å². The van der Waals surface area contributed by atoms with Crippen molar-refractivity contribution in [2.75, 3.05) is 41.5 Å². The average Bonchev–Trinajstić information content (AvgIpc) is 3.41. The van der Waals surface area contributed by atoms with E-state index in [1.54, 1.807) is 42.9 Å². The SMILES string of the molecule is COc1cc(-c2cn(C)c(=O)c3c2CCN(C(=O)CCCCCCOc2cccc4c2C(=O)N(C2CCC(=O)NC2=O)C4=O)C3)cc(OC)c1CN(C)C. The van der Waals surface area contributed by atoms with Crippen LogP contribution in [0.2, 0.25) is 0 Å². The summed E-state index contributed by atoms with van der Waals surface area (Å²) in [6, 6.07) is 7.70. The van der Waals surface area contributed by atoms with Gasteiger partial charge in [-0.3, -0.25) is 39.0 Å². The minimum atomic E-state index is -1.04. The number of nitrogens with zero attached hydrogens (tertiary/aromatic N) is 4. The predicted octanol–water partition coefficient (Wildman–Crippen LogP) is 3.45. The highest BCUT2D eigenvalue weighted by atomic mass is 16.5. The lowest BCUT2D eigenvalue weighted by Gasteiger charge is -2.30. The molecule has 1 saturated heterocycles. The number of ether oxygens (including phenoxy) is 3. The third-order valence-corrected chi connectivity index (χ3v) is 10.3. The van der Waals surface area contributed by atoms with Crippen LogP contribution < -0.4 is 25.1 Å². The molecule has 0 saturated carbocycles. The molecule has 3 aromatic rings. The number of carbonyl (C=O) groups is 5. The molecular weight excluding hydrogens is 694 g/mol. The normalized spacial score (nSPS) is 16.7. The summed E-state index contributed by atoms with van der Waals surface area (Å²) in [5, 5.41) is 2.20. The van der Waals surface area contributed by atoms with E-state index >= 15 is 0 Å². The third kappa shape index (κ3) is 7.61. The molecule has 0 radical (unpaired) electrons. The number of piperidine rings is 1. The molecule has 0 spiro atoms. The van der Waals surface area contributed by atoms with Gasteiger partial charge >= 0.3 is 0 Å². The summed E-state index contributed by atoms with van der Waals surface area (Å²) in [4.78, 5) is 81.8. The molecule has 3 aliphatic rings. The predicted molar refractivity (Wildman–Crippen MR) is 198 cm³/mol. The Hall–Kier alpha value is -5.50. The van der Waals surface area contributed by atoms with Gasteiger partial charge in [-0.05, 0) is 75.2 Å². The Kier molecular flexibility index (Phi) is 11.5. The second-order valence-electron chi connectivity index (χ2n) is 14.2. The molecule has 1 N–H and O–H groups in total. The fraction of sp³-hybridized carbons (Fsp3) is 0.450. The van der Waals surface area contributed by atoms with Crippen LogP contribution in [0.1, 0.15) is 82.4 Å². The molecule has 1 atom stereocenters. The Morgan fingerprint density at radius 2 is 1.61 bits per heavy atom. The lowest BCUT2D eigenvalue weighted by molar-refractivity contribution is -0.136. The van der Waals surface area contributed by atoms with Gasteiger partial charge in [0.15, 0.2) is 0 Å². The first-order valence-electron chi connectivity index (χ1n) is 18.3. The number of aryl methyl sites for hydroxylation is 1. The highest BCUT2D eigenvalue weighted by Gasteiger charge is 2.46. The molecule has 286 valence electrons. The lowest BCUT2D eigenvalue weighted by atomic mass is 9.91. The molecule has 1 unspecified atom stereocenters. The fourth-order valence-electron chi connectivity index (χ4n) is 7.55. The van der Waals surface area contributed by atoms with Gasteiger partial charge in [0.1, 0.15) is 23.3 Å². The molecule has 14 nitrogen and oxygen atoms in total. The molecule has 1 fully saturated rings. The number of benzene rings is 2. The second-order valence-corrected chi connectivity index (χ2v) is 14.2. The van der Waals surface area contributed by atoms with Gasteiger partial charge in [0.2, 0.25) is 17.7 Å². The number of carbonyl (C=O) groups excluding carboxylic acids is 5.